The van der Waals surface area contributed by atoms with E-state index in [0.29, 0.717) is 0 Å². The first kappa shape index (κ1) is 15.3. The van der Waals surface area contributed by atoms with Crippen molar-refractivity contribution in [2.24, 2.45) is 0 Å². The number of piperazine rings is 1. The number of carbonyl (C=O) groups is 3. The molecule has 0 radical (unpaired) electrons. The van der Waals surface area contributed by atoms with Crippen molar-refractivity contribution in [1.29, 1.82) is 0 Å². The fourth-order valence-corrected chi connectivity index (χ4v) is 1.80. The molecule has 0 aliphatic carbocycles. The Labute approximate surface area is 112 Å². The number of ether oxygens (including phenoxy) is 1. The minimum Gasteiger partial charge on any atom is -0.480 e. The zero-order valence-electron chi connectivity index (χ0n) is 11.7. The fraction of sp³-hybridized carbons (Fsp3) is 0.750. The molecule has 1 rings (SSSR count). The van der Waals surface area contributed by atoms with Crippen molar-refractivity contribution in [3.05, 3.63) is 0 Å². The van der Waals surface area contributed by atoms with Crippen LogP contribution in [0.4, 0.5) is 4.79 Å². The summed E-state index contributed by atoms with van der Waals surface area (Å²) in [7, 11) is 0. The highest BCUT2D eigenvalue weighted by molar-refractivity contribution is 5.86. The van der Waals surface area contributed by atoms with Crippen LogP contribution in [0.2, 0.25) is 0 Å². The average Bonchev–Trinajstić information content (AvgIpc) is 2.19. The van der Waals surface area contributed by atoms with Crippen molar-refractivity contribution in [2.75, 3.05) is 19.6 Å². The molecule has 7 nitrogen and oxygen atoms in total. The summed E-state index contributed by atoms with van der Waals surface area (Å²) in [6.45, 7) is 6.71. The van der Waals surface area contributed by atoms with Gasteiger partial charge in [0.05, 0.1) is 6.04 Å². The Kier molecular flexibility index (Phi) is 4.39. The third-order valence-corrected chi connectivity index (χ3v) is 2.63. The maximum atomic E-state index is 11.9. The van der Waals surface area contributed by atoms with Crippen LogP contribution in [0, 0.1) is 0 Å². The van der Waals surface area contributed by atoms with Gasteiger partial charge in [0.15, 0.2) is 0 Å². The number of rotatable bonds is 2. The van der Waals surface area contributed by atoms with Gasteiger partial charge in [-0.15, -0.1) is 0 Å². The molecule has 0 aromatic rings. The van der Waals surface area contributed by atoms with E-state index in [9.17, 15) is 14.4 Å². The smallest absolute Gasteiger partial charge is 0.411 e. The molecule has 19 heavy (non-hydrogen) atoms. The van der Waals surface area contributed by atoms with E-state index < -0.39 is 17.7 Å². The molecule has 1 fully saturated rings. The molecule has 7 heteroatoms. The van der Waals surface area contributed by atoms with Crippen LogP contribution in [0.5, 0.6) is 0 Å². The summed E-state index contributed by atoms with van der Waals surface area (Å²) in [4.78, 5) is 36.9. The lowest BCUT2D eigenvalue weighted by atomic mass is 10.2. The van der Waals surface area contributed by atoms with E-state index in [1.54, 1.807) is 27.7 Å². The number of hydrogen-bond acceptors (Lipinski definition) is 4. The Morgan fingerprint density at radius 1 is 1.42 bits per heavy atom. The first-order valence-electron chi connectivity index (χ1n) is 6.09. The third-order valence-electron chi connectivity index (χ3n) is 2.63. The maximum Gasteiger partial charge on any atom is 0.411 e. The monoisotopic (exact) mass is 272 g/mol. The van der Waals surface area contributed by atoms with E-state index >= 15 is 0 Å². The summed E-state index contributed by atoms with van der Waals surface area (Å²) in [6.07, 6.45) is -0.552. The van der Waals surface area contributed by atoms with Gasteiger partial charge >= 0.3 is 12.1 Å². The van der Waals surface area contributed by atoms with Crippen LogP contribution in [-0.2, 0) is 14.3 Å². The van der Waals surface area contributed by atoms with Crippen LogP contribution < -0.4 is 0 Å². The molecular weight excluding hydrogens is 252 g/mol. The average molecular weight is 272 g/mol. The minimum absolute atomic E-state index is 0.149. The molecule has 0 saturated carbocycles. The molecule has 1 saturated heterocycles. The van der Waals surface area contributed by atoms with Crippen molar-refractivity contribution in [3.8, 4) is 0 Å². The van der Waals surface area contributed by atoms with E-state index in [4.69, 9.17) is 9.84 Å². The predicted molar refractivity (Wildman–Crippen MR) is 66.6 cm³/mol. The summed E-state index contributed by atoms with van der Waals surface area (Å²) < 4.78 is 5.21. The Morgan fingerprint density at radius 3 is 2.47 bits per heavy atom. The Balaban J connectivity index is 2.68. The van der Waals surface area contributed by atoms with E-state index in [-0.39, 0.29) is 31.6 Å². The van der Waals surface area contributed by atoms with E-state index in [0.717, 1.165) is 0 Å². The van der Waals surface area contributed by atoms with Gasteiger partial charge in [-0.05, 0) is 27.7 Å². The number of carbonyl (C=O) groups excluding carboxylic acids is 2. The van der Waals surface area contributed by atoms with Crippen LogP contribution in [0.25, 0.3) is 0 Å². The molecule has 0 aromatic heterocycles. The van der Waals surface area contributed by atoms with Crippen molar-refractivity contribution in [2.45, 2.75) is 39.3 Å². The summed E-state index contributed by atoms with van der Waals surface area (Å²) in [5.74, 6) is -1.45. The fourth-order valence-electron chi connectivity index (χ4n) is 1.80. The Hall–Kier alpha value is -1.79. The third kappa shape index (κ3) is 4.42. The quantitative estimate of drug-likeness (QED) is 0.792. The molecule has 1 heterocycles. The van der Waals surface area contributed by atoms with Gasteiger partial charge in [0.1, 0.15) is 18.7 Å². The first-order chi connectivity index (χ1) is 8.60. The van der Waals surface area contributed by atoms with Crippen LogP contribution >= 0.6 is 0 Å². The summed E-state index contributed by atoms with van der Waals surface area (Å²) in [5.41, 5.74) is -0.627. The largest absolute Gasteiger partial charge is 0.480 e. The van der Waals surface area contributed by atoms with Gasteiger partial charge in [-0.2, -0.15) is 0 Å². The molecular formula is C12H20N2O5. The van der Waals surface area contributed by atoms with Gasteiger partial charge < -0.3 is 14.7 Å². The van der Waals surface area contributed by atoms with Gasteiger partial charge in [0, 0.05) is 6.54 Å². The second kappa shape index (κ2) is 5.46. The minimum atomic E-state index is -1.06. The maximum absolute atomic E-state index is 11.9. The van der Waals surface area contributed by atoms with Crippen LogP contribution in [-0.4, -0.2) is 64.2 Å². The second-order valence-corrected chi connectivity index (χ2v) is 5.63. The van der Waals surface area contributed by atoms with E-state index in [1.165, 1.54) is 9.80 Å². The van der Waals surface area contributed by atoms with Crippen molar-refractivity contribution in [3.63, 3.8) is 0 Å². The Bertz CT molecular complexity index is 388. The molecule has 0 spiro atoms. The number of amides is 2. The van der Waals surface area contributed by atoms with Crippen molar-refractivity contribution in [1.82, 2.24) is 9.80 Å². The number of nitrogens with zero attached hydrogens (tertiary/aromatic N) is 2. The molecule has 0 unspecified atom stereocenters. The number of carboxylic acid groups (broad SMARTS) is 1. The van der Waals surface area contributed by atoms with Crippen LogP contribution in [0.3, 0.4) is 0 Å². The summed E-state index contributed by atoms with van der Waals surface area (Å²) in [5, 5.41) is 8.70. The number of aliphatic carboxylic acids is 1. The standard InChI is InChI=1S/C12H20N2O5/c1-8-5-13(7-10(16)17)9(15)6-14(8)11(18)19-12(2,3)4/h8H,5-7H2,1-4H3,(H,16,17)/t8-/m0/s1. The van der Waals surface area contributed by atoms with E-state index in [1.807, 2.05) is 0 Å². The normalized spacial score (nSPS) is 20.4. The number of hydrogen-bond donors (Lipinski definition) is 1. The second-order valence-electron chi connectivity index (χ2n) is 5.63. The van der Waals surface area contributed by atoms with Crippen LogP contribution in [0.1, 0.15) is 27.7 Å². The topological polar surface area (TPSA) is 87.2 Å². The lowest BCUT2D eigenvalue weighted by Crippen LogP contribution is -2.58. The van der Waals surface area contributed by atoms with Crippen molar-refractivity contribution < 1.29 is 24.2 Å². The molecule has 1 aliphatic rings. The van der Waals surface area contributed by atoms with Gasteiger partial charge in [-0.25, -0.2) is 4.79 Å². The lowest BCUT2D eigenvalue weighted by Gasteiger charge is -2.39. The molecule has 1 atom stereocenters. The lowest BCUT2D eigenvalue weighted by molar-refractivity contribution is -0.148. The predicted octanol–water partition coefficient (Wildman–Crippen LogP) is 0.539. The molecule has 0 aromatic carbocycles. The van der Waals surface area contributed by atoms with Gasteiger partial charge in [0.2, 0.25) is 5.91 Å². The highest BCUT2D eigenvalue weighted by Gasteiger charge is 2.35. The van der Waals surface area contributed by atoms with E-state index in [2.05, 4.69) is 0 Å². The summed E-state index contributed by atoms with van der Waals surface area (Å²) in [6, 6.07) is -0.271. The molecule has 1 N–H and O–H groups in total. The highest BCUT2D eigenvalue weighted by Crippen LogP contribution is 2.16. The summed E-state index contributed by atoms with van der Waals surface area (Å²) >= 11 is 0. The number of carboxylic acids is 1. The SMILES string of the molecule is C[C@H]1CN(CC(=O)O)C(=O)CN1C(=O)OC(C)(C)C. The van der Waals surface area contributed by atoms with Crippen molar-refractivity contribution >= 4 is 18.0 Å². The highest BCUT2D eigenvalue weighted by atomic mass is 16.6. The van der Waals surface area contributed by atoms with Gasteiger partial charge in [0.25, 0.3) is 0 Å². The zero-order chi connectivity index (χ0) is 14.8. The van der Waals surface area contributed by atoms with Gasteiger partial charge in [-0.3, -0.25) is 14.5 Å². The Morgan fingerprint density at radius 2 is 2.00 bits per heavy atom. The molecule has 2 amide bonds. The molecule has 1 aliphatic heterocycles. The molecule has 0 bridgehead atoms. The zero-order valence-corrected chi connectivity index (χ0v) is 11.7. The van der Waals surface area contributed by atoms with Gasteiger partial charge in [-0.1, -0.05) is 0 Å². The molecule has 108 valence electrons. The van der Waals surface area contributed by atoms with Crippen LogP contribution in [0.15, 0.2) is 0 Å². The first-order valence-corrected chi connectivity index (χ1v) is 6.09.